The number of halogens is 2. The van der Waals surface area contributed by atoms with E-state index in [1.807, 2.05) is 6.07 Å². The Hall–Kier alpha value is -0.710. The van der Waals surface area contributed by atoms with Crippen molar-refractivity contribution in [1.82, 2.24) is 5.32 Å². The summed E-state index contributed by atoms with van der Waals surface area (Å²) in [6.07, 6.45) is 1.03. The fraction of sp³-hybridized carbons (Fsp3) is 0.231. The van der Waals surface area contributed by atoms with Gasteiger partial charge in [-0.3, -0.25) is 0 Å². The van der Waals surface area contributed by atoms with Crippen LogP contribution in [0.4, 0.5) is 4.39 Å². The molecule has 0 fully saturated rings. The Morgan fingerprint density at radius 3 is 2.82 bits per heavy atom. The first kappa shape index (κ1) is 12.7. The summed E-state index contributed by atoms with van der Waals surface area (Å²) in [4.78, 5) is 0. The molecule has 0 saturated heterocycles. The van der Waals surface area contributed by atoms with Crippen LogP contribution in [0.25, 0.3) is 0 Å². The van der Waals surface area contributed by atoms with E-state index in [1.165, 1.54) is 11.6 Å². The van der Waals surface area contributed by atoms with Gasteiger partial charge in [0.15, 0.2) is 0 Å². The van der Waals surface area contributed by atoms with Gasteiger partial charge >= 0.3 is 0 Å². The first-order chi connectivity index (χ1) is 8.25. The molecule has 0 aliphatic carbocycles. The molecule has 4 heteroatoms. The van der Waals surface area contributed by atoms with Crippen LogP contribution in [0.5, 0.6) is 0 Å². The molecule has 0 radical (unpaired) electrons. The number of nitrogens with one attached hydrogen (secondary N) is 1. The van der Waals surface area contributed by atoms with Crippen LogP contribution >= 0.6 is 27.3 Å². The highest BCUT2D eigenvalue weighted by atomic mass is 79.9. The number of rotatable bonds is 5. The lowest BCUT2D eigenvalue weighted by molar-refractivity contribution is 0.618. The zero-order valence-electron chi connectivity index (χ0n) is 9.25. The molecule has 1 nitrogen and oxygen atoms in total. The lowest BCUT2D eigenvalue weighted by Crippen LogP contribution is -2.16. The predicted molar refractivity (Wildman–Crippen MR) is 73.8 cm³/mol. The van der Waals surface area contributed by atoms with Gasteiger partial charge in [0.25, 0.3) is 0 Å². The van der Waals surface area contributed by atoms with Gasteiger partial charge in [-0.1, -0.05) is 6.07 Å². The number of hydrogen-bond donors (Lipinski definition) is 1. The number of benzene rings is 1. The summed E-state index contributed by atoms with van der Waals surface area (Å²) in [7, 11) is 0. The second-order valence-corrected chi connectivity index (χ2v) is 5.44. The average molecular weight is 314 g/mol. The monoisotopic (exact) mass is 313 g/mol. The smallest absolute Gasteiger partial charge is 0.137 e. The van der Waals surface area contributed by atoms with Crippen molar-refractivity contribution in [2.24, 2.45) is 0 Å². The molecular weight excluding hydrogens is 301 g/mol. The van der Waals surface area contributed by atoms with E-state index in [1.54, 1.807) is 17.4 Å². The molecule has 17 heavy (non-hydrogen) atoms. The second-order valence-electron chi connectivity index (χ2n) is 3.81. The maximum Gasteiger partial charge on any atom is 0.137 e. The third-order valence-corrected chi connectivity index (χ3v) is 3.82. The van der Waals surface area contributed by atoms with E-state index in [9.17, 15) is 4.39 Å². The Morgan fingerprint density at radius 1 is 1.24 bits per heavy atom. The first-order valence-corrected chi connectivity index (χ1v) is 7.15. The zero-order valence-corrected chi connectivity index (χ0v) is 11.7. The maximum absolute atomic E-state index is 13.0. The minimum absolute atomic E-state index is 0.216. The van der Waals surface area contributed by atoms with Crippen LogP contribution in [-0.2, 0) is 13.0 Å². The third-order valence-electron chi connectivity index (χ3n) is 2.48. The molecule has 0 saturated carbocycles. The van der Waals surface area contributed by atoms with Gasteiger partial charge in [-0.2, -0.15) is 11.3 Å². The molecule has 1 heterocycles. The lowest BCUT2D eigenvalue weighted by atomic mass is 10.2. The normalized spacial score (nSPS) is 10.7. The zero-order chi connectivity index (χ0) is 12.1. The van der Waals surface area contributed by atoms with Crippen LogP contribution in [0.15, 0.2) is 39.5 Å². The highest BCUT2D eigenvalue weighted by Crippen LogP contribution is 2.16. The Balaban J connectivity index is 1.76. The maximum atomic E-state index is 13.0. The molecule has 0 aliphatic heterocycles. The van der Waals surface area contributed by atoms with Crippen LogP contribution in [0.1, 0.15) is 11.1 Å². The van der Waals surface area contributed by atoms with E-state index in [0.717, 1.165) is 25.1 Å². The van der Waals surface area contributed by atoms with Crippen LogP contribution < -0.4 is 5.32 Å². The van der Waals surface area contributed by atoms with E-state index in [-0.39, 0.29) is 5.82 Å². The summed E-state index contributed by atoms with van der Waals surface area (Å²) in [6, 6.07) is 7.24. The van der Waals surface area contributed by atoms with E-state index >= 15 is 0 Å². The van der Waals surface area contributed by atoms with Gasteiger partial charge in [0, 0.05) is 6.54 Å². The highest BCUT2D eigenvalue weighted by molar-refractivity contribution is 9.10. The molecule has 1 N–H and O–H groups in total. The van der Waals surface area contributed by atoms with Gasteiger partial charge in [0.1, 0.15) is 5.82 Å². The van der Waals surface area contributed by atoms with Crippen molar-refractivity contribution in [2.45, 2.75) is 13.0 Å². The van der Waals surface area contributed by atoms with Crippen molar-refractivity contribution in [3.63, 3.8) is 0 Å². The highest BCUT2D eigenvalue weighted by Gasteiger charge is 2.00. The molecule has 0 spiro atoms. The second kappa shape index (κ2) is 6.28. The van der Waals surface area contributed by atoms with Gasteiger partial charge < -0.3 is 5.32 Å². The van der Waals surface area contributed by atoms with E-state index in [2.05, 4.69) is 38.1 Å². The average Bonchev–Trinajstić information content (AvgIpc) is 2.82. The third kappa shape index (κ3) is 3.91. The molecule has 0 amide bonds. The van der Waals surface area contributed by atoms with Gasteiger partial charge in [0.2, 0.25) is 0 Å². The number of hydrogen-bond acceptors (Lipinski definition) is 2. The first-order valence-electron chi connectivity index (χ1n) is 5.41. The van der Waals surface area contributed by atoms with Crippen LogP contribution in [-0.4, -0.2) is 6.54 Å². The standard InChI is InChI=1S/C13H13BrFNS/c14-12-7-11(1-2-13(12)15)8-16-5-3-10-4-6-17-9-10/h1-2,4,6-7,9,16H,3,5,8H2. The Kier molecular flexibility index (Phi) is 4.71. The Morgan fingerprint density at radius 2 is 2.12 bits per heavy atom. The molecule has 0 aliphatic rings. The van der Waals surface area contributed by atoms with Crippen molar-refractivity contribution in [1.29, 1.82) is 0 Å². The van der Waals surface area contributed by atoms with Crippen molar-refractivity contribution >= 4 is 27.3 Å². The van der Waals surface area contributed by atoms with Gasteiger partial charge in [-0.15, -0.1) is 0 Å². The summed E-state index contributed by atoms with van der Waals surface area (Å²) in [6.45, 7) is 1.70. The Bertz CT molecular complexity index is 470. The summed E-state index contributed by atoms with van der Waals surface area (Å²) in [5, 5.41) is 7.60. The van der Waals surface area contributed by atoms with Crippen LogP contribution in [0.2, 0.25) is 0 Å². The molecule has 2 aromatic rings. The largest absolute Gasteiger partial charge is 0.312 e. The van der Waals surface area contributed by atoms with E-state index < -0.39 is 0 Å². The predicted octanol–water partition coefficient (Wildman–Crippen LogP) is 3.98. The minimum atomic E-state index is -0.216. The summed E-state index contributed by atoms with van der Waals surface area (Å²) < 4.78 is 13.5. The molecule has 1 aromatic heterocycles. The molecule has 0 bridgehead atoms. The summed E-state index contributed by atoms with van der Waals surface area (Å²) >= 11 is 4.91. The summed E-state index contributed by atoms with van der Waals surface area (Å²) in [5.41, 5.74) is 2.45. The van der Waals surface area contributed by atoms with Crippen molar-refractivity contribution in [3.8, 4) is 0 Å². The molecule has 0 unspecified atom stereocenters. The minimum Gasteiger partial charge on any atom is -0.312 e. The fourth-order valence-corrected chi connectivity index (χ4v) is 2.68. The van der Waals surface area contributed by atoms with Crippen LogP contribution in [0.3, 0.4) is 0 Å². The topological polar surface area (TPSA) is 12.0 Å². The summed E-state index contributed by atoms with van der Waals surface area (Å²) in [5.74, 6) is -0.216. The van der Waals surface area contributed by atoms with E-state index in [0.29, 0.717) is 4.47 Å². The SMILES string of the molecule is Fc1ccc(CNCCc2ccsc2)cc1Br. The van der Waals surface area contributed by atoms with Gasteiger partial charge in [0.05, 0.1) is 4.47 Å². The van der Waals surface area contributed by atoms with E-state index in [4.69, 9.17) is 0 Å². The Labute approximate surface area is 113 Å². The molecule has 2 rings (SSSR count). The van der Waals surface area contributed by atoms with Gasteiger partial charge in [-0.25, -0.2) is 4.39 Å². The molecule has 90 valence electrons. The van der Waals surface area contributed by atoms with Crippen LogP contribution in [0, 0.1) is 5.82 Å². The molecule has 1 aromatic carbocycles. The van der Waals surface area contributed by atoms with Crippen molar-refractivity contribution in [3.05, 3.63) is 56.4 Å². The quantitative estimate of drug-likeness (QED) is 0.823. The lowest BCUT2D eigenvalue weighted by Gasteiger charge is -2.05. The molecular formula is C13H13BrFNS. The molecule has 0 atom stereocenters. The fourth-order valence-electron chi connectivity index (χ4n) is 1.55. The number of thiophene rings is 1. The van der Waals surface area contributed by atoms with Crippen molar-refractivity contribution < 1.29 is 4.39 Å². The van der Waals surface area contributed by atoms with Crippen molar-refractivity contribution in [2.75, 3.05) is 6.54 Å². The van der Waals surface area contributed by atoms with Gasteiger partial charge in [-0.05, 0) is 69.0 Å².